The molecule has 92 valence electrons. The molecule has 1 aromatic carbocycles. The topological polar surface area (TPSA) is 75.2 Å². The molecule has 0 aliphatic carbocycles. The van der Waals surface area contributed by atoms with Crippen LogP contribution in [-0.4, -0.2) is 28.2 Å². The number of hydrogen-bond acceptors (Lipinski definition) is 3. The molecule has 2 aromatic rings. The molecule has 0 unspecified atom stereocenters. The normalized spacial score (nSPS) is 10.7. The molecule has 2 rings (SSSR count). The minimum Gasteiger partial charge on any atom is -0.496 e. The highest BCUT2D eigenvalue weighted by Gasteiger charge is 2.07. The highest BCUT2D eigenvalue weighted by atomic mass is 16.5. The predicted molar refractivity (Wildman–Crippen MR) is 67.2 cm³/mol. The van der Waals surface area contributed by atoms with Gasteiger partial charge in [-0.25, -0.2) is 9.78 Å². The van der Waals surface area contributed by atoms with E-state index in [1.807, 2.05) is 24.3 Å². The summed E-state index contributed by atoms with van der Waals surface area (Å²) < 4.78 is 5.24. The molecule has 0 saturated carbocycles. The van der Waals surface area contributed by atoms with Gasteiger partial charge >= 0.3 is 5.97 Å². The van der Waals surface area contributed by atoms with E-state index in [2.05, 4.69) is 9.97 Å². The predicted octanol–water partition coefficient (Wildman–Crippen LogP) is 2.18. The Kier molecular flexibility index (Phi) is 3.43. The van der Waals surface area contributed by atoms with Crippen molar-refractivity contribution in [2.24, 2.45) is 0 Å². The number of hydrogen-bond donors (Lipinski definition) is 2. The number of nitrogens with zero attached hydrogens (tertiary/aromatic N) is 1. The number of imidazole rings is 1. The number of ether oxygens (including phenoxy) is 1. The third-order valence-corrected chi connectivity index (χ3v) is 2.36. The molecule has 5 heteroatoms. The highest BCUT2D eigenvalue weighted by molar-refractivity contribution is 5.85. The zero-order chi connectivity index (χ0) is 13.0. The Hall–Kier alpha value is -2.56. The summed E-state index contributed by atoms with van der Waals surface area (Å²) in [6.07, 6.45) is 4.08. The SMILES string of the molecule is COc1ccccc1-c1ncc(/C=C/C(=O)O)[nH]1. The Bertz CT molecular complexity index is 587. The van der Waals surface area contributed by atoms with Gasteiger partial charge in [-0.3, -0.25) is 0 Å². The Morgan fingerprint density at radius 2 is 2.22 bits per heavy atom. The number of aromatic nitrogens is 2. The molecule has 0 bridgehead atoms. The third-order valence-electron chi connectivity index (χ3n) is 2.36. The van der Waals surface area contributed by atoms with Gasteiger partial charge in [-0.15, -0.1) is 0 Å². The van der Waals surface area contributed by atoms with E-state index in [0.29, 0.717) is 17.3 Å². The first kappa shape index (κ1) is 11.9. The highest BCUT2D eigenvalue weighted by Crippen LogP contribution is 2.27. The number of aromatic amines is 1. The maximum atomic E-state index is 10.4. The maximum Gasteiger partial charge on any atom is 0.328 e. The molecule has 0 atom stereocenters. The lowest BCUT2D eigenvalue weighted by Gasteiger charge is -2.04. The molecular formula is C13H12N2O3. The second kappa shape index (κ2) is 5.18. The van der Waals surface area contributed by atoms with Gasteiger partial charge in [0.05, 0.1) is 24.6 Å². The van der Waals surface area contributed by atoms with Crippen molar-refractivity contribution in [1.82, 2.24) is 9.97 Å². The fourth-order valence-electron chi connectivity index (χ4n) is 1.56. The van der Waals surface area contributed by atoms with E-state index in [1.54, 1.807) is 13.3 Å². The van der Waals surface area contributed by atoms with Crippen LogP contribution in [0.15, 0.2) is 36.5 Å². The Morgan fingerprint density at radius 1 is 1.44 bits per heavy atom. The van der Waals surface area contributed by atoms with Crippen molar-refractivity contribution in [1.29, 1.82) is 0 Å². The van der Waals surface area contributed by atoms with Crippen LogP contribution in [0.4, 0.5) is 0 Å². The Balaban J connectivity index is 2.32. The van der Waals surface area contributed by atoms with Gasteiger partial charge in [-0.05, 0) is 18.2 Å². The minimum absolute atomic E-state index is 0.623. The van der Waals surface area contributed by atoms with Gasteiger partial charge in [-0.1, -0.05) is 12.1 Å². The van der Waals surface area contributed by atoms with Crippen LogP contribution in [0.1, 0.15) is 5.69 Å². The second-order valence-corrected chi connectivity index (χ2v) is 3.56. The van der Waals surface area contributed by atoms with Crippen molar-refractivity contribution in [2.45, 2.75) is 0 Å². The molecule has 0 aliphatic heterocycles. The fraction of sp³-hybridized carbons (Fsp3) is 0.0769. The molecule has 5 nitrogen and oxygen atoms in total. The molecule has 2 N–H and O–H groups in total. The Morgan fingerprint density at radius 3 is 2.94 bits per heavy atom. The molecule has 0 radical (unpaired) electrons. The number of aliphatic carboxylic acids is 1. The lowest BCUT2D eigenvalue weighted by molar-refractivity contribution is -0.131. The summed E-state index contributed by atoms with van der Waals surface area (Å²) in [6.45, 7) is 0. The third kappa shape index (κ3) is 2.57. The van der Waals surface area contributed by atoms with Crippen LogP contribution in [0.2, 0.25) is 0 Å². The summed E-state index contributed by atoms with van der Waals surface area (Å²) in [6, 6.07) is 7.47. The van der Waals surface area contributed by atoms with Gasteiger partial charge in [0.2, 0.25) is 0 Å². The summed E-state index contributed by atoms with van der Waals surface area (Å²) in [7, 11) is 1.59. The van der Waals surface area contributed by atoms with Crippen LogP contribution >= 0.6 is 0 Å². The van der Waals surface area contributed by atoms with Gasteiger partial charge in [0.15, 0.2) is 0 Å². The van der Waals surface area contributed by atoms with Gasteiger partial charge in [0, 0.05) is 6.08 Å². The van der Waals surface area contributed by atoms with Crippen molar-refractivity contribution in [3.05, 3.63) is 42.2 Å². The van der Waals surface area contributed by atoms with E-state index in [-0.39, 0.29) is 0 Å². The molecule has 1 heterocycles. The number of rotatable bonds is 4. The van der Waals surface area contributed by atoms with Crippen LogP contribution in [0.3, 0.4) is 0 Å². The first-order valence-electron chi connectivity index (χ1n) is 5.30. The number of H-pyrrole nitrogens is 1. The zero-order valence-corrected chi connectivity index (χ0v) is 9.75. The van der Waals surface area contributed by atoms with Crippen LogP contribution in [0.5, 0.6) is 5.75 Å². The largest absolute Gasteiger partial charge is 0.496 e. The molecule has 18 heavy (non-hydrogen) atoms. The van der Waals surface area contributed by atoms with Crippen LogP contribution < -0.4 is 4.74 Å². The Labute approximate surface area is 104 Å². The van der Waals surface area contributed by atoms with Crippen molar-refractivity contribution < 1.29 is 14.6 Å². The molecule has 0 fully saturated rings. The summed E-state index contributed by atoms with van der Waals surface area (Å²) in [5.74, 6) is 0.349. The maximum absolute atomic E-state index is 10.4. The van der Waals surface area contributed by atoms with Gasteiger partial charge in [0.25, 0.3) is 0 Å². The molecule has 0 spiro atoms. The van der Waals surface area contributed by atoms with E-state index in [4.69, 9.17) is 9.84 Å². The van der Waals surface area contributed by atoms with Crippen LogP contribution in [0, 0.1) is 0 Å². The number of benzene rings is 1. The van der Waals surface area contributed by atoms with Crippen LogP contribution in [0.25, 0.3) is 17.5 Å². The van der Waals surface area contributed by atoms with Crippen LogP contribution in [-0.2, 0) is 4.79 Å². The van der Waals surface area contributed by atoms with E-state index in [1.165, 1.54) is 6.08 Å². The number of carboxylic acids is 1. The first-order chi connectivity index (χ1) is 8.70. The second-order valence-electron chi connectivity index (χ2n) is 3.56. The summed E-state index contributed by atoms with van der Waals surface area (Å²) in [4.78, 5) is 17.6. The minimum atomic E-state index is -0.997. The number of methoxy groups -OCH3 is 1. The van der Waals surface area contributed by atoms with Crippen molar-refractivity contribution in [2.75, 3.05) is 7.11 Å². The lowest BCUT2D eigenvalue weighted by atomic mass is 10.2. The smallest absolute Gasteiger partial charge is 0.328 e. The number of nitrogens with one attached hydrogen (secondary N) is 1. The summed E-state index contributed by atoms with van der Waals surface area (Å²) in [5.41, 5.74) is 1.45. The average Bonchev–Trinajstić information content (AvgIpc) is 2.85. The quantitative estimate of drug-likeness (QED) is 0.808. The molecule has 0 amide bonds. The van der Waals surface area contributed by atoms with Gasteiger partial charge in [0.1, 0.15) is 11.6 Å². The zero-order valence-electron chi connectivity index (χ0n) is 9.75. The first-order valence-corrected chi connectivity index (χ1v) is 5.30. The van der Waals surface area contributed by atoms with Crippen molar-refractivity contribution in [3.8, 4) is 17.1 Å². The van der Waals surface area contributed by atoms with Gasteiger partial charge in [-0.2, -0.15) is 0 Å². The van der Waals surface area contributed by atoms with Crippen molar-refractivity contribution in [3.63, 3.8) is 0 Å². The molecule has 0 saturated heterocycles. The number of carbonyl (C=O) groups is 1. The standard InChI is InChI=1S/C13H12N2O3/c1-18-11-5-3-2-4-10(11)13-14-8-9(15-13)6-7-12(16)17/h2-8H,1H3,(H,14,15)(H,16,17)/b7-6+. The molecule has 1 aromatic heterocycles. The van der Waals surface area contributed by atoms with E-state index in [0.717, 1.165) is 11.6 Å². The van der Waals surface area contributed by atoms with Crippen molar-refractivity contribution >= 4 is 12.0 Å². The number of carboxylic acid groups (broad SMARTS) is 1. The van der Waals surface area contributed by atoms with Gasteiger partial charge < -0.3 is 14.8 Å². The summed E-state index contributed by atoms with van der Waals surface area (Å²) >= 11 is 0. The monoisotopic (exact) mass is 244 g/mol. The summed E-state index contributed by atoms with van der Waals surface area (Å²) in [5, 5.41) is 8.54. The van der Waals surface area contributed by atoms with E-state index < -0.39 is 5.97 Å². The van der Waals surface area contributed by atoms with E-state index in [9.17, 15) is 4.79 Å². The average molecular weight is 244 g/mol. The number of para-hydroxylation sites is 1. The van der Waals surface area contributed by atoms with E-state index >= 15 is 0 Å². The molecule has 0 aliphatic rings. The lowest BCUT2D eigenvalue weighted by Crippen LogP contribution is -1.89. The molecular weight excluding hydrogens is 232 g/mol. The fourth-order valence-corrected chi connectivity index (χ4v) is 1.56.